The normalized spacial score (nSPS) is 21.8. The zero-order chi connectivity index (χ0) is 17.9. The van der Waals surface area contributed by atoms with Gasteiger partial charge in [0.1, 0.15) is 0 Å². The van der Waals surface area contributed by atoms with E-state index in [1.807, 2.05) is 24.3 Å². The van der Waals surface area contributed by atoms with Gasteiger partial charge in [-0.1, -0.05) is 50.1 Å². The molecule has 1 aliphatic rings. The molecule has 1 amide bonds. The van der Waals surface area contributed by atoms with Crippen LogP contribution in [0.2, 0.25) is 0 Å². The van der Waals surface area contributed by atoms with E-state index in [2.05, 4.69) is 15.8 Å². The number of nitrogens with zero attached hydrogens (tertiary/aromatic N) is 1. The summed E-state index contributed by atoms with van der Waals surface area (Å²) < 4.78 is 0. The maximum Gasteiger partial charge on any atom is 0.221 e. The van der Waals surface area contributed by atoms with Crippen molar-refractivity contribution in [1.29, 1.82) is 0 Å². The van der Waals surface area contributed by atoms with Crippen LogP contribution in [0.15, 0.2) is 29.4 Å². The second-order valence-electron chi connectivity index (χ2n) is 6.91. The third kappa shape index (κ3) is 7.16. The Hall–Kier alpha value is -2.04. The van der Waals surface area contributed by atoms with Crippen LogP contribution in [0.1, 0.15) is 71.1 Å². The highest BCUT2D eigenvalue weighted by Gasteiger charge is 2.17. The first-order valence-corrected chi connectivity index (χ1v) is 9.54. The van der Waals surface area contributed by atoms with E-state index in [4.69, 9.17) is 0 Å². The molecule has 0 unspecified atom stereocenters. The number of nitrogens with one attached hydrogen (secondary N) is 2. The van der Waals surface area contributed by atoms with Crippen molar-refractivity contribution in [1.82, 2.24) is 0 Å². The molecule has 1 aromatic carbocycles. The molecule has 5 nitrogen and oxygen atoms in total. The Morgan fingerprint density at radius 3 is 2.12 bits per heavy atom. The van der Waals surface area contributed by atoms with Gasteiger partial charge in [-0.05, 0) is 43.5 Å². The van der Waals surface area contributed by atoms with Crippen LogP contribution in [-0.2, 0) is 4.79 Å². The summed E-state index contributed by atoms with van der Waals surface area (Å²) in [7, 11) is 0. The van der Waals surface area contributed by atoms with Crippen molar-refractivity contribution in [3.05, 3.63) is 24.3 Å². The number of anilines is 2. The highest BCUT2D eigenvalue weighted by atomic mass is 16.4. The molecule has 0 bridgehead atoms. The number of carbonyl (C=O) groups is 1. The Morgan fingerprint density at radius 1 is 0.960 bits per heavy atom. The summed E-state index contributed by atoms with van der Waals surface area (Å²) in [6, 6.07) is 7.74. The molecule has 1 atom stereocenters. The van der Waals surface area contributed by atoms with Crippen molar-refractivity contribution in [2.75, 3.05) is 10.6 Å². The Kier molecular flexibility index (Phi) is 8.29. The third-order valence-corrected chi connectivity index (χ3v) is 4.75. The zero-order valence-corrected chi connectivity index (χ0v) is 15.3. The van der Waals surface area contributed by atoms with Crippen LogP contribution in [0.3, 0.4) is 0 Å². The van der Waals surface area contributed by atoms with Gasteiger partial charge in [0.05, 0.1) is 11.8 Å². The fourth-order valence-electron chi connectivity index (χ4n) is 3.39. The second-order valence-corrected chi connectivity index (χ2v) is 6.91. The van der Waals surface area contributed by atoms with Gasteiger partial charge in [0.25, 0.3) is 0 Å². The van der Waals surface area contributed by atoms with Gasteiger partial charge in [-0.2, -0.15) is 0 Å². The van der Waals surface area contributed by atoms with E-state index < -0.39 is 0 Å². The zero-order valence-electron chi connectivity index (χ0n) is 15.3. The Labute approximate surface area is 150 Å². The second kappa shape index (κ2) is 10.7. The van der Waals surface area contributed by atoms with Gasteiger partial charge in [-0.15, -0.1) is 0 Å². The monoisotopic (exact) mass is 345 g/mol. The summed E-state index contributed by atoms with van der Waals surface area (Å²) >= 11 is 0. The predicted molar refractivity (Wildman–Crippen MR) is 104 cm³/mol. The molecule has 25 heavy (non-hydrogen) atoms. The van der Waals surface area contributed by atoms with Gasteiger partial charge >= 0.3 is 0 Å². The number of oxime groups is 1. The average Bonchev–Trinajstić information content (AvgIpc) is 2.58. The Balaban J connectivity index is 2.01. The molecule has 138 valence electrons. The van der Waals surface area contributed by atoms with Crippen LogP contribution in [0.25, 0.3) is 0 Å². The van der Waals surface area contributed by atoms with Crippen molar-refractivity contribution in [3.8, 4) is 0 Å². The molecule has 5 heteroatoms. The number of rotatable bonds is 3. The molecule has 1 saturated carbocycles. The molecule has 2 rings (SSSR count). The summed E-state index contributed by atoms with van der Waals surface area (Å²) in [6.45, 7) is 1.50. The van der Waals surface area contributed by atoms with Crippen LogP contribution in [-0.4, -0.2) is 22.9 Å². The molecule has 3 N–H and O–H groups in total. The van der Waals surface area contributed by atoms with Crippen molar-refractivity contribution >= 4 is 23.0 Å². The van der Waals surface area contributed by atoms with E-state index in [0.29, 0.717) is 0 Å². The minimum absolute atomic E-state index is 0.0658. The van der Waals surface area contributed by atoms with Crippen LogP contribution >= 0.6 is 0 Å². The molecule has 0 aliphatic heterocycles. The quantitative estimate of drug-likeness (QED) is 0.522. The van der Waals surface area contributed by atoms with E-state index in [1.165, 1.54) is 45.4 Å². The van der Waals surface area contributed by atoms with Gasteiger partial charge < -0.3 is 15.8 Å². The molecular weight excluding hydrogens is 314 g/mol. The molecule has 0 spiro atoms. The molecule has 1 fully saturated rings. The lowest BCUT2D eigenvalue weighted by Gasteiger charge is -2.22. The predicted octanol–water partition coefficient (Wildman–Crippen LogP) is 5.17. The number of amides is 1. The van der Waals surface area contributed by atoms with Crippen LogP contribution in [0, 0.1) is 0 Å². The molecule has 0 radical (unpaired) electrons. The SMILES string of the molecule is CC(=O)Nc1ccc(N[C@H]2CCCCCCCCCC/C2=N/O)cc1. The fraction of sp³-hybridized carbons (Fsp3) is 0.600. The highest BCUT2D eigenvalue weighted by molar-refractivity contribution is 5.91. The van der Waals surface area contributed by atoms with E-state index >= 15 is 0 Å². The average molecular weight is 345 g/mol. The molecule has 0 aromatic heterocycles. The summed E-state index contributed by atoms with van der Waals surface area (Å²) in [4.78, 5) is 11.1. The van der Waals surface area contributed by atoms with E-state index in [-0.39, 0.29) is 11.9 Å². The van der Waals surface area contributed by atoms with Gasteiger partial charge in [0.2, 0.25) is 5.91 Å². The lowest BCUT2D eigenvalue weighted by atomic mass is 9.96. The smallest absolute Gasteiger partial charge is 0.221 e. The van der Waals surface area contributed by atoms with Crippen LogP contribution in [0.4, 0.5) is 11.4 Å². The Bertz CT molecular complexity index is 555. The highest BCUT2D eigenvalue weighted by Crippen LogP contribution is 2.20. The lowest BCUT2D eigenvalue weighted by Crippen LogP contribution is -2.30. The summed E-state index contributed by atoms with van der Waals surface area (Å²) in [6.07, 6.45) is 11.7. The van der Waals surface area contributed by atoms with E-state index in [0.717, 1.165) is 42.8 Å². The van der Waals surface area contributed by atoms with Crippen molar-refractivity contribution < 1.29 is 10.0 Å². The maximum absolute atomic E-state index is 11.1. The maximum atomic E-state index is 11.1. The van der Waals surface area contributed by atoms with Gasteiger partial charge in [-0.3, -0.25) is 4.79 Å². The van der Waals surface area contributed by atoms with Crippen molar-refractivity contribution in [3.63, 3.8) is 0 Å². The van der Waals surface area contributed by atoms with E-state index in [9.17, 15) is 10.0 Å². The van der Waals surface area contributed by atoms with Crippen molar-refractivity contribution in [2.45, 2.75) is 77.2 Å². The van der Waals surface area contributed by atoms with Crippen molar-refractivity contribution in [2.24, 2.45) is 5.16 Å². The summed E-state index contributed by atoms with van der Waals surface area (Å²) in [5.41, 5.74) is 2.62. The van der Waals surface area contributed by atoms with Gasteiger partial charge in [-0.25, -0.2) is 0 Å². The largest absolute Gasteiger partial charge is 0.411 e. The van der Waals surface area contributed by atoms with Crippen LogP contribution in [0.5, 0.6) is 0 Å². The molecular formula is C20H31N3O2. The number of carbonyl (C=O) groups excluding carboxylic acids is 1. The Morgan fingerprint density at radius 2 is 1.52 bits per heavy atom. The topological polar surface area (TPSA) is 73.7 Å². The number of benzene rings is 1. The van der Waals surface area contributed by atoms with Gasteiger partial charge in [0, 0.05) is 18.3 Å². The molecule has 0 heterocycles. The van der Waals surface area contributed by atoms with E-state index in [1.54, 1.807) is 0 Å². The first-order valence-electron chi connectivity index (χ1n) is 9.54. The first-order chi connectivity index (χ1) is 12.2. The van der Waals surface area contributed by atoms with Crippen LogP contribution < -0.4 is 10.6 Å². The molecule has 1 aliphatic carbocycles. The minimum Gasteiger partial charge on any atom is -0.411 e. The number of hydrogen-bond acceptors (Lipinski definition) is 4. The summed E-state index contributed by atoms with van der Waals surface area (Å²) in [5.74, 6) is -0.0743. The van der Waals surface area contributed by atoms with Gasteiger partial charge in [0.15, 0.2) is 0 Å². The standard InChI is InChI=1S/C20H31N3O2/c1-16(24)21-17-12-14-18(15-13-17)22-19-10-8-6-4-2-3-5-7-9-11-20(19)23-25/h12-15,19,22,25H,2-11H2,1H3,(H,21,24)/b23-20-/t19-/m0/s1. The fourth-order valence-corrected chi connectivity index (χ4v) is 3.39. The molecule has 1 aromatic rings. The first kappa shape index (κ1) is 19.3. The number of hydrogen-bond donors (Lipinski definition) is 3. The molecule has 0 saturated heterocycles. The minimum atomic E-state index is -0.0743. The summed E-state index contributed by atoms with van der Waals surface area (Å²) in [5, 5.41) is 19.4. The third-order valence-electron chi connectivity index (χ3n) is 4.75. The lowest BCUT2D eigenvalue weighted by molar-refractivity contribution is -0.114.